The van der Waals surface area contributed by atoms with Gasteiger partial charge >= 0.3 is 0 Å². The first-order chi connectivity index (χ1) is 16.1. The van der Waals surface area contributed by atoms with Crippen molar-refractivity contribution in [2.75, 3.05) is 45.7 Å². The molecule has 9 nitrogen and oxygen atoms in total. The third-order valence-electron chi connectivity index (χ3n) is 5.85. The number of methoxy groups -OCH3 is 2. The Labute approximate surface area is 201 Å². The zero-order chi connectivity index (χ0) is 24.9. The minimum atomic E-state index is -3.87. The summed E-state index contributed by atoms with van der Waals surface area (Å²) in [6.45, 7) is 5.53. The third kappa shape index (κ3) is 6.19. The molecule has 0 fully saturated rings. The summed E-state index contributed by atoms with van der Waals surface area (Å²) in [6.07, 6.45) is -0.158. The zero-order valence-corrected chi connectivity index (χ0v) is 21.0. The SMILES string of the molecule is COc1ccc(S(=O)(=O)Nc2ccc3c(c2)C(=O)N(C)C[C@H](OC)[C@@H](C)CN[C@H](C)CO3)cc1. The molecule has 0 aliphatic carbocycles. The predicted octanol–water partition coefficient (Wildman–Crippen LogP) is 2.59. The van der Waals surface area contributed by atoms with Crippen LogP contribution in [0.4, 0.5) is 5.69 Å². The number of fused-ring (bicyclic) bond motifs is 1. The van der Waals surface area contributed by atoms with Crippen LogP contribution in [0.3, 0.4) is 0 Å². The van der Waals surface area contributed by atoms with Crippen LogP contribution in [-0.2, 0) is 14.8 Å². The van der Waals surface area contributed by atoms with Gasteiger partial charge < -0.3 is 24.4 Å². The van der Waals surface area contributed by atoms with Gasteiger partial charge in [-0.15, -0.1) is 0 Å². The molecule has 0 radical (unpaired) electrons. The van der Waals surface area contributed by atoms with Crippen molar-refractivity contribution in [2.45, 2.75) is 30.9 Å². The Morgan fingerprint density at radius 2 is 1.82 bits per heavy atom. The number of hydrogen-bond donors (Lipinski definition) is 2. The molecule has 2 aromatic rings. The van der Waals surface area contributed by atoms with Crippen molar-refractivity contribution in [3.05, 3.63) is 48.0 Å². The number of sulfonamides is 1. The molecular weight excluding hydrogens is 458 g/mol. The first kappa shape index (κ1) is 25.8. The summed E-state index contributed by atoms with van der Waals surface area (Å²) in [4.78, 5) is 15.0. The molecule has 1 aliphatic heterocycles. The first-order valence-corrected chi connectivity index (χ1v) is 12.6. The maximum absolute atomic E-state index is 13.3. The van der Waals surface area contributed by atoms with Crippen LogP contribution >= 0.6 is 0 Å². The molecule has 0 aromatic heterocycles. The Morgan fingerprint density at radius 3 is 2.47 bits per heavy atom. The number of nitrogens with one attached hydrogen (secondary N) is 2. The summed E-state index contributed by atoms with van der Waals surface area (Å²) in [5, 5.41) is 3.43. The van der Waals surface area contributed by atoms with E-state index >= 15 is 0 Å². The molecule has 0 bridgehead atoms. The monoisotopic (exact) mass is 491 g/mol. The summed E-state index contributed by atoms with van der Waals surface area (Å²) in [6, 6.07) is 10.8. The number of amides is 1. The fraction of sp³-hybridized carbons (Fsp3) is 0.458. The van der Waals surface area contributed by atoms with Gasteiger partial charge in [0, 0.05) is 39.0 Å². The van der Waals surface area contributed by atoms with E-state index in [9.17, 15) is 13.2 Å². The van der Waals surface area contributed by atoms with Gasteiger partial charge in [-0.2, -0.15) is 0 Å². The van der Waals surface area contributed by atoms with E-state index in [4.69, 9.17) is 14.2 Å². The van der Waals surface area contributed by atoms with E-state index in [-0.39, 0.29) is 40.1 Å². The maximum Gasteiger partial charge on any atom is 0.261 e. The van der Waals surface area contributed by atoms with E-state index in [1.807, 2.05) is 6.92 Å². The summed E-state index contributed by atoms with van der Waals surface area (Å²) < 4.78 is 45.0. The summed E-state index contributed by atoms with van der Waals surface area (Å²) in [7, 11) is 0.976. The number of likely N-dealkylation sites (N-methyl/N-ethyl adjacent to an activating group) is 1. The molecule has 0 spiro atoms. The lowest BCUT2D eigenvalue weighted by Crippen LogP contribution is -2.44. The molecule has 1 aliphatic rings. The Hall–Kier alpha value is -2.82. The van der Waals surface area contributed by atoms with Gasteiger partial charge in [-0.05, 0) is 55.3 Å². The highest BCUT2D eigenvalue weighted by molar-refractivity contribution is 7.92. The molecule has 0 unspecified atom stereocenters. The highest BCUT2D eigenvalue weighted by Crippen LogP contribution is 2.27. The van der Waals surface area contributed by atoms with Crippen LogP contribution in [0, 0.1) is 5.92 Å². The largest absolute Gasteiger partial charge is 0.497 e. The number of hydrogen-bond acceptors (Lipinski definition) is 7. The lowest BCUT2D eigenvalue weighted by atomic mass is 10.0. The average molecular weight is 492 g/mol. The van der Waals surface area contributed by atoms with Gasteiger partial charge in [0.2, 0.25) is 0 Å². The van der Waals surface area contributed by atoms with Gasteiger partial charge in [-0.1, -0.05) is 6.92 Å². The summed E-state index contributed by atoms with van der Waals surface area (Å²) in [5.74, 6) is 0.831. The minimum absolute atomic E-state index is 0.0494. The molecule has 3 atom stereocenters. The van der Waals surface area contributed by atoms with Crippen molar-refractivity contribution < 1.29 is 27.4 Å². The van der Waals surface area contributed by atoms with Crippen molar-refractivity contribution in [1.29, 1.82) is 0 Å². The van der Waals surface area contributed by atoms with Crippen LogP contribution in [0.1, 0.15) is 24.2 Å². The number of ether oxygens (including phenoxy) is 3. The summed E-state index contributed by atoms with van der Waals surface area (Å²) >= 11 is 0. The molecule has 186 valence electrons. The van der Waals surface area contributed by atoms with Crippen LogP contribution < -0.4 is 19.5 Å². The van der Waals surface area contributed by atoms with Gasteiger partial charge in [-0.25, -0.2) is 8.42 Å². The normalized spacial score (nSPS) is 22.1. The topological polar surface area (TPSA) is 106 Å². The second kappa shape index (κ2) is 11.1. The van der Waals surface area contributed by atoms with Crippen molar-refractivity contribution >= 4 is 21.6 Å². The number of rotatable bonds is 5. The second-order valence-corrected chi connectivity index (χ2v) is 10.2. The van der Waals surface area contributed by atoms with Gasteiger partial charge in [0.1, 0.15) is 18.1 Å². The molecule has 0 saturated heterocycles. The van der Waals surface area contributed by atoms with Crippen LogP contribution in [0.2, 0.25) is 0 Å². The number of nitrogens with zero attached hydrogens (tertiary/aromatic N) is 1. The van der Waals surface area contributed by atoms with E-state index in [0.29, 0.717) is 24.7 Å². The Kier molecular flexibility index (Phi) is 8.40. The Morgan fingerprint density at radius 1 is 1.12 bits per heavy atom. The number of carbonyl (C=O) groups excluding carboxylic acids is 1. The van der Waals surface area contributed by atoms with E-state index in [1.54, 1.807) is 43.3 Å². The fourth-order valence-corrected chi connectivity index (χ4v) is 4.74. The third-order valence-corrected chi connectivity index (χ3v) is 7.24. The molecule has 2 aromatic carbocycles. The van der Waals surface area contributed by atoms with Crippen LogP contribution in [0.5, 0.6) is 11.5 Å². The Balaban J connectivity index is 1.92. The number of carbonyl (C=O) groups is 1. The molecule has 0 saturated carbocycles. The molecule has 10 heteroatoms. The molecule has 1 heterocycles. The smallest absolute Gasteiger partial charge is 0.261 e. The molecule has 34 heavy (non-hydrogen) atoms. The Bertz CT molecular complexity index is 1090. The van der Waals surface area contributed by atoms with Gasteiger partial charge in [0.25, 0.3) is 15.9 Å². The standard InChI is InChI=1S/C24H33N3O6S/c1-16-13-25-17(2)15-33-22-11-6-18(12-21(22)24(28)27(3)14-23(16)32-5)26-34(29,30)20-9-7-19(31-4)8-10-20/h6-12,16-17,23,25-26H,13-15H2,1-5H3/t16-,17+,23-/m0/s1. The highest BCUT2D eigenvalue weighted by atomic mass is 32.2. The van der Waals surface area contributed by atoms with Crippen molar-refractivity contribution in [3.63, 3.8) is 0 Å². The molecule has 2 N–H and O–H groups in total. The van der Waals surface area contributed by atoms with Crippen LogP contribution in [0.15, 0.2) is 47.4 Å². The minimum Gasteiger partial charge on any atom is -0.497 e. The molecule has 1 amide bonds. The average Bonchev–Trinajstić information content (AvgIpc) is 2.83. The number of benzene rings is 2. The van der Waals surface area contributed by atoms with E-state index in [1.165, 1.54) is 25.3 Å². The summed E-state index contributed by atoms with van der Waals surface area (Å²) in [5.41, 5.74) is 0.530. The molecular formula is C24H33N3O6S. The predicted molar refractivity (Wildman–Crippen MR) is 130 cm³/mol. The fourth-order valence-electron chi connectivity index (χ4n) is 3.69. The van der Waals surface area contributed by atoms with Gasteiger partial charge in [0.15, 0.2) is 0 Å². The van der Waals surface area contributed by atoms with Crippen LogP contribution in [0.25, 0.3) is 0 Å². The van der Waals surface area contributed by atoms with E-state index in [2.05, 4.69) is 17.0 Å². The van der Waals surface area contributed by atoms with Crippen LogP contribution in [-0.4, -0.2) is 72.3 Å². The van der Waals surface area contributed by atoms with Gasteiger partial charge in [-0.3, -0.25) is 9.52 Å². The highest BCUT2D eigenvalue weighted by Gasteiger charge is 2.26. The van der Waals surface area contributed by atoms with Crippen molar-refractivity contribution in [2.24, 2.45) is 5.92 Å². The zero-order valence-electron chi connectivity index (χ0n) is 20.2. The quantitative estimate of drug-likeness (QED) is 0.662. The lowest BCUT2D eigenvalue weighted by Gasteiger charge is -2.30. The van der Waals surface area contributed by atoms with E-state index in [0.717, 1.165) is 6.54 Å². The van der Waals surface area contributed by atoms with E-state index < -0.39 is 10.0 Å². The first-order valence-electron chi connectivity index (χ1n) is 11.1. The lowest BCUT2D eigenvalue weighted by molar-refractivity contribution is 0.0281. The van der Waals surface area contributed by atoms with Gasteiger partial charge in [0.05, 0.1) is 23.7 Å². The maximum atomic E-state index is 13.3. The van der Waals surface area contributed by atoms with Crippen molar-refractivity contribution in [3.8, 4) is 11.5 Å². The molecule has 3 rings (SSSR count). The second-order valence-electron chi connectivity index (χ2n) is 8.55. The number of anilines is 1. The van der Waals surface area contributed by atoms with Crippen molar-refractivity contribution in [1.82, 2.24) is 10.2 Å².